The molecule has 4 nitrogen and oxygen atoms in total. The molecule has 0 bridgehead atoms. The van der Waals surface area contributed by atoms with E-state index in [0.29, 0.717) is 6.10 Å². The minimum Gasteiger partial charge on any atom is -0.490 e. The number of fused-ring (bicyclic) bond motifs is 1. The molecule has 1 fully saturated rings. The van der Waals surface area contributed by atoms with Gasteiger partial charge in [-0.25, -0.2) is 4.98 Å². The molecule has 0 saturated carbocycles. The minimum atomic E-state index is 0.334. The van der Waals surface area contributed by atoms with Gasteiger partial charge in [0.1, 0.15) is 17.7 Å². The molecular formula is C21H23N3O. The van der Waals surface area contributed by atoms with Crippen molar-refractivity contribution >= 4 is 16.6 Å². The first-order chi connectivity index (χ1) is 12.3. The lowest BCUT2D eigenvalue weighted by atomic mass is 10.0. The number of piperidine rings is 1. The van der Waals surface area contributed by atoms with Gasteiger partial charge in [-0.1, -0.05) is 24.3 Å². The van der Waals surface area contributed by atoms with E-state index in [9.17, 15) is 0 Å². The summed E-state index contributed by atoms with van der Waals surface area (Å²) in [5, 5.41) is 8.83. The highest BCUT2D eigenvalue weighted by atomic mass is 16.5. The predicted molar refractivity (Wildman–Crippen MR) is 103 cm³/mol. The first-order valence-corrected chi connectivity index (χ1v) is 8.88. The van der Waals surface area contributed by atoms with Gasteiger partial charge in [0.2, 0.25) is 0 Å². The Bertz CT molecular complexity index is 855. The number of anilines is 1. The van der Waals surface area contributed by atoms with Crippen LogP contribution < -0.4 is 15.4 Å². The summed E-state index contributed by atoms with van der Waals surface area (Å²) in [6, 6.07) is 17.0. The summed E-state index contributed by atoms with van der Waals surface area (Å²) in [6.45, 7) is 2.09. The molecule has 4 rings (SSSR count). The number of rotatable bonds is 4. The molecule has 2 aromatic carbocycles. The smallest absolute Gasteiger partial charge is 0.133 e. The molecule has 1 saturated heterocycles. The lowest BCUT2D eigenvalue weighted by molar-refractivity contribution is 0.162. The number of aromatic nitrogens is 1. The molecule has 1 aromatic heterocycles. The Morgan fingerprint density at radius 3 is 2.52 bits per heavy atom. The van der Waals surface area contributed by atoms with E-state index < -0.39 is 0 Å². The summed E-state index contributed by atoms with van der Waals surface area (Å²) < 4.78 is 6.09. The van der Waals surface area contributed by atoms with Gasteiger partial charge in [-0.2, -0.15) is 0 Å². The standard InChI is InChI=1S/C21H23N3O/c1-22-21-20-7-4-16(14-17(20)8-13-24-21)15-2-5-18(6-3-15)25-19-9-11-23-12-10-19/h2-8,13-14,19,23H,9-12H2,1H3,(H,22,24). The van der Waals surface area contributed by atoms with Gasteiger partial charge >= 0.3 is 0 Å². The van der Waals surface area contributed by atoms with Crippen molar-refractivity contribution in [1.29, 1.82) is 0 Å². The van der Waals surface area contributed by atoms with Crippen molar-refractivity contribution in [3.63, 3.8) is 0 Å². The highest BCUT2D eigenvalue weighted by Crippen LogP contribution is 2.29. The van der Waals surface area contributed by atoms with E-state index in [4.69, 9.17) is 4.74 Å². The first-order valence-electron chi connectivity index (χ1n) is 8.88. The topological polar surface area (TPSA) is 46.2 Å². The van der Waals surface area contributed by atoms with Gasteiger partial charge in [-0.05, 0) is 66.7 Å². The van der Waals surface area contributed by atoms with E-state index in [-0.39, 0.29) is 0 Å². The van der Waals surface area contributed by atoms with Gasteiger partial charge in [0, 0.05) is 18.6 Å². The number of pyridine rings is 1. The fourth-order valence-electron chi connectivity index (χ4n) is 3.39. The Kier molecular flexibility index (Phi) is 4.53. The third-order valence-electron chi connectivity index (χ3n) is 4.78. The van der Waals surface area contributed by atoms with Crippen LogP contribution in [-0.4, -0.2) is 31.2 Å². The van der Waals surface area contributed by atoms with Gasteiger partial charge in [-0.15, -0.1) is 0 Å². The van der Waals surface area contributed by atoms with Crippen LogP contribution in [0.25, 0.3) is 21.9 Å². The molecule has 4 heteroatoms. The van der Waals surface area contributed by atoms with Crippen LogP contribution in [0.2, 0.25) is 0 Å². The maximum absolute atomic E-state index is 6.09. The van der Waals surface area contributed by atoms with Crippen LogP contribution >= 0.6 is 0 Å². The molecule has 25 heavy (non-hydrogen) atoms. The Morgan fingerprint density at radius 1 is 1.00 bits per heavy atom. The normalized spacial score (nSPS) is 15.2. The van der Waals surface area contributed by atoms with Crippen LogP contribution in [0.1, 0.15) is 12.8 Å². The average molecular weight is 333 g/mol. The molecule has 3 aromatic rings. The maximum atomic E-state index is 6.09. The summed E-state index contributed by atoms with van der Waals surface area (Å²) >= 11 is 0. The monoisotopic (exact) mass is 333 g/mol. The summed E-state index contributed by atoms with van der Waals surface area (Å²) in [7, 11) is 1.90. The van der Waals surface area contributed by atoms with Gasteiger partial charge < -0.3 is 15.4 Å². The largest absolute Gasteiger partial charge is 0.490 e. The molecular weight excluding hydrogens is 310 g/mol. The third-order valence-corrected chi connectivity index (χ3v) is 4.78. The number of benzene rings is 2. The van der Waals surface area contributed by atoms with Crippen molar-refractivity contribution in [2.45, 2.75) is 18.9 Å². The maximum Gasteiger partial charge on any atom is 0.133 e. The average Bonchev–Trinajstić information content (AvgIpc) is 2.68. The van der Waals surface area contributed by atoms with Gasteiger partial charge in [0.25, 0.3) is 0 Å². The quantitative estimate of drug-likeness (QED) is 0.755. The highest BCUT2D eigenvalue weighted by molar-refractivity contribution is 5.94. The van der Waals surface area contributed by atoms with Crippen LogP contribution in [0.5, 0.6) is 5.75 Å². The lowest BCUT2D eigenvalue weighted by Gasteiger charge is -2.23. The zero-order valence-electron chi connectivity index (χ0n) is 14.5. The van der Waals surface area contributed by atoms with Crippen molar-refractivity contribution in [2.75, 3.05) is 25.5 Å². The second-order valence-electron chi connectivity index (χ2n) is 6.44. The van der Waals surface area contributed by atoms with Crippen LogP contribution in [0, 0.1) is 0 Å². The molecule has 1 aliphatic heterocycles. The van der Waals surface area contributed by atoms with Crippen molar-refractivity contribution < 1.29 is 4.74 Å². The second kappa shape index (κ2) is 7.11. The van der Waals surface area contributed by atoms with E-state index in [0.717, 1.165) is 42.9 Å². The molecule has 0 unspecified atom stereocenters. The summed E-state index contributed by atoms with van der Waals surface area (Å²) in [5.74, 6) is 1.87. The second-order valence-corrected chi connectivity index (χ2v) is 6.44. The van der Waals surface area contributed by atoms with Crippen molar-refractivity contribution in [3.8, 4) is 16.9 Å². The van der Waals surface area contributed by atoms with Crippen LogP contribution in [0.15, 0.2) is 54.7 Å². The predicted octanol–water partition coefficient (Wildman–Crippen LogP) is 4.07. The summed E-state index contributed by atoms with van der Waals surface area (Å²) in [5.41, 5.74) is 2.40. The molecule has 0 amide bonds. The van der Waals surface area contributed by atoms with Crippen molar-refractivity contribution in [3.05, 3.63) is 54.7 Å². The van der Waals surface area contributed by atoms with Gasteiger partial charge in [-0.3, -0.25) is 0 Å². The van der Waals surface area contributed by atoms with E-state index >= 15 is 0 Å². The number of ether oxygens (including phenoxy) is 1. The van der Waals surface area contributed by atoms with Gasteiger partial charge in [0.15, 0.2) is 0 Å². The number of nitrogens with zero attached hydrogens (tertiary/aromatic N) is 1. The van der Waals surface area contributed by atoms with Gasteiger partial charge in [0.05, 0.1) is 0 Å². The number of hydrogen-bond donors (Lipinski definition) is 2. The van der Waals surface area contributed by atoms with E-state index in [2.05, 4.69) is 58.1 Å². The summed E-state index contributed by atoms with van der Waals surface area (Å²) in [4.78, 5) is 4.36. The van der Waals surface area contributed by atoms with Crippen molar-refractivity contribution in [1.82, 2.24) is 10.3 Å². The van der Waals surface area contributed by atoms with Crippen LogP contribution in [0.3, 0.4) is 0 Å². The molecule has 0 aliphatic carbocycles. The highest BCUT2D eigenvalue weighted by Gasteiger charge is 2.14. The fraction of sp³-hybridized carbons (Fsp3) is 0.286. The zero-order chi connectivity index (χ0) is 17.1. The Hall–Kier alpha value is -2.59. The molecule has 128 valence electrons. The van der Waals surface area contributed by atoms with E-state index in [1.54, 1.807) is 0 Å². The summed E-state index contributed by atoms with van der Waals surface area (Å²) in [6.07, 6.45) is 4.33. The molecule has 1 aliphatic rings. The Morgan fingerprint density at radius 2 is 1.76 bits per heavy atom. The van der Waals surface area contributed by atoms with E-state index in [1.807, 2.05) is 19.3 Å². The minimum absolute atomic E-state index is 0.334. The van der Waals surface area contributed by atoms with E-state index in [1.165, 1.54) is 16.5 Å². The molecule has 0 radical (unpaired) electrons. The first kappa shape index (κ1) is 15.9. The van der Waals surface area contributed by atoms with Crippen molar-refractivity contribution in [2.24, 2.45) is 0 Å². The molecule has 0 spiro atoms. The fourth-order valence-corrected chi connectivity index (χ4v) is 3.39. The SMILES string of the molecule is CNc1nccc2cc(-c3ccc(OC4CCNCC4)cc3)ccc12. The Balaban J connectivity index is 1.56. The zero-order valence-corrected chi connectivity index (χ0v) is 14.5. The molecule has 2 N–H and O–H groups in total. The molecule has 0 atom stereocenters. The lowest BCUT2D eigenvalue weighted by Crippen LogP contribution is -2.34. The third kappa shape index (κ3) is 3.44. The van der Waals surface area contributed by atoms with Crippen LogP contribution in [0.4, 0.5) is 5.82 Å². The Labute approximate surface area is 148 Å². The number of hydrogen-bond acceptors (Lipinski definition) is 4. The molecule has 2 heterocycles. The van der Waals surface area contributed by atoms with Crippen LogP contribution in [-0.2, 0) is 0 Å². The number of nitrogens with one attached hydrogen (secondary N) is 2.